The minimum Gasteiger partial charge on any atom is -0.381 e. The van der Waals surface area contributed by atoms with Gasteiger partial charge in [0.15, 0.2) is 0 Å². The van der Waals surface area contributed by atoms with Crippen LogP contribution in [0.1, 0.15) is 32.1 Å². The van der Waals surface area contributed by atoms with E-state index in [1.54, 1.807) is 0 Å². The highest BCUT2D eigenvalue weighted by Crippen LogP contribution is 2.45. The highest BCUT2D eigenvalue weighted by molar-refractivity contribution is 4.97. The third-order valence-electron chi connectivity index (χ3n) is 4.30. The van der Waals surface area contributed by atoms with Gasteiger partial charge in [0.05, 0.1) is 6.61 Å². The lowest BCUT2D eigenvalue weighted by Crippen LogP contribution is -2.45. The molecule has 2 aliphatic rings. The maximum atomic E-state index is 11.9. The minimum atomic E-state index is -4.23. The van der Waals surface area contributed by atoms with E-state index in [1.807, 2.05) is 0 Å². The maximum absolute atomic E-state index is 11.9. The van der Waals surface area contributed by atoms with E-state index in [-0.39, 0.29) is 6.61 Å². The summed E-state index contributed by atoms with van der Waals surface area (Å²) in [5, 5.41) is 3.38. The van der Waals surface area contributed by atoms with E-state index in [9.17, 15) is 13.2 Å². The molecule has 1 N–H and O–H groups in total. The van der Waals surface area contributed by atoms with Crippen molar-refractivity contribution >= 4 is 0 Å². The van der Waals surface area contributed by atoms with E-state index in [0.717, 1.165) is 32.5 Å². The molecular weight excluding hydrogens is 259 g/mol. The molecule has 0 aromatic rings. The van der Waals surface area contributed by atoms with Crippen molar-refractivity contribution in [3.63, 3.8) is 0 Å². The second kappa shape index (κ2) is 6.41. The van der Waals surface area contributed by atoms with Crippen molar-refractivity contribution in [1.29, 1.82) is 0 Å². The van der Waals surface area contributed by atoms with Crippen molar-refractivity contribution in [3.05, 3.63) is 0 Å². The van der Waals surface area contributed by atoms with Gasteiger partial charge in [0.25, 0.3) is 0 Å². The van der Waals surface area contributed by atoms with Crippen molar-refractivity contribution in [1.82, 2.24) is 5.32 Å². The Balaban J connectivity index is 1.67. The van der Waals surface area contributed by atoms with Gasteiger partial charge in [-0.15, -0.1) is 0 Å². The van der Waals surface area contributed by atoms with Crippen LogP contribution in [0.15, 0.2) is 0 Å². The molecule has 112 valence electrons. The van der Waals surface area contributed by atoms with Gasteiger partial charge in [0.1, 0.15) is 6.61 Å². The van der Waals surface area contributed by atoms with Crippen LogP contribution >= 0.6 is 0 Å². The number of alkyl halides is 3. The van der Waals surface area contributed by atoms with Crippen molar-refractivity contribution in [2.75, 3.05) is 33.0 Å². The van der Waals surface area contributed by atoms with Gasteiger partial charge in [-0.2, -0.15) is 13.2 Å². The fourth-order valence-corrected chi connectivity index (χ4v) is 3.33. The smallest absolute Gasteiger partial charge is 0.381 e. The minimum absolute atomic E-state index is 0.114. The van der Waals surface area contributed by atoms with Crippen LogP contribution in [-0.2, 0) is 9.47 Å². The van der Waals surface area contributed by atoms with Gasteiger partial charge in [0, 0.05) is 25.8 Å². The highest BCUT2D eigenvalue weighted by Gasteiger charge is 2.43. The van der Waals surface area contributed by atoms with Gasteiger partial charge in [-0.1, -0.05) is 6.42 Å². The lowest BCUT2D eigenvalue weighted by atomic mass is 9.75. The first-order valence-electron chi connectivity index (χ1n) is 6.98. The van der Waals surface area contributed by atoms with Crippen LogP contribution in [0.4, 0.5) is 13.2 Å². The van der Waals surface area contributed by atoms with E-state index in [4.69, 9.17) is 4.74 Å². The number of nitrogens with one attached hydrogen (secondary N) is 1. The summed E-state index contributed by atoms with van der Waals surface area (Å²) in [6.07, 6.45) is 1.41. The van der Waals surface area contributed by atoms with Crippen LogP contribution in [0.5, 0.6) is 0 Å². The van der Waals surface area contributed by atoms with E-state index < -0.39 is 12.8 Å². The molecule has 0 unspecified atom stereocenters. The first-order chi connectivity index (χ1) is 9.02. The van der Waals surface area contributed by atoms with Crippen molar-refractivity contribution < 1.29 is 22.6 Å². The summed E-state index contributed by atoms with van der Waals surface area (Å²) in [5.41, 5.74) is 0.308. The zero-order valence-corrected chi connectivity index (χ0v) is 11.1. The Labute approximate surface area is 111 Å². The van der Waals surface area contributed by atoms with Crippen molar-refractivity contribution in [2.45, 2.75) is 44.3 Å². The number of halogens is 3. The molecule has 0 bridgehead atoms. The van der Waals surface area contributed by atoms with E-state index in [2.05, 4.69) is 10.1 Å². The summed E-state index contributed by atoms with van der Waals surface area (Å²) in [7, 11) is 0. The quantitative estimate of drug-likeness (QED) is 0.785. The molecule has 0 radical (unpaired) electrons. The molecular formula is C13H22F3NO2. The second-order valence-electron chi connectivity index (χ2n) is 5.54. The molecule has 1 heterocycles. The van der Waals surface area contributed by atoms with Crippen LogP contribution in [-0.4, -0.2) is 45.2 Å². The molecule has 0 aromatic heterocycles. The van der Waals surface area contributed by atoms with E-state index in [1.165, 1.54) is 12.8 Å². The second-order valence-corrected chi connectivity index (χ2v) is 5.54. The van der Waals surface area contributed by atoms with Crippen LogP contribution < -0.4 is 5.32 Å². The molecule has 0 aromatic carbocycles. The molecule has 19 heavy (non-hydrogen) atoms. The SMILES string of the molecule is FC(F)(F)COCCN[C@@H]1CCCC12CCOCC2. The lowest BCUT2D eigenvalue weighted by Gasteiger charge is -2.39. The third-order valence-corrected chi connectivity index (χ3v) is 4.30. The Morgan fingerprint density at radius 2 is 1.95 bits per heavy atom. The summed E-state index contributed by atoms with van der Waals surface area (Å²) in [6.45, 7) is 1.07. The standard InChI is InChI=1S/C13H22F3NO2/c14-13(15,16)10-19-9-6-17-11-2-1-3-12(11)4-7-18-8-5-12/h11,17H,1-10H2/t11-/m1/s1. The zero-order valence-electron chi connectivity index (χ0n) is 11.1. The predicted molar refractivity (Wildman–Crippen MR) is 65.0 cm³/mol. The first-order valence-corrected chi connectivity index (χ1v) is 6.98. The summed E-state index contributed by atoms with van der Waals surface area (Å²) in [5.74, 6) is 0. The average molecular weight is 281 g/mol. The molecule has 6 heteroatoms. The Kier molecular flexibility index (Phi) is 5.09. The zero-order chi connectivity index (χ0) is 13.8. The topological polar surface area (TPSA) is 30.5 Å². The summed E-state index contributed by atoms with van der Waals surface area (Å²) in [6, 6.07) is 0.408. The van der Waals surface area contributed by atoms with Gasteiger partial charge in [-0.25, -0.2) is 0 Å². The normalized spacial score (nSPS) is 27.0. The number of rotatable bonds is 5. The van der Waals surface area contributed by atoms with E-state index >= 15 is 0 Å². The van der Waals surface area contributed by atoms with E-state index in [0.29, 0.717) is 18.0 Å². The first kappa shape index (κ1) is 15.1. The van der Waals surface area contributed by atoms with Crippen LogP contribution in [0, 0.1) is 5.41 Å². The number of hydrogen-bond acceptors (Lipinski definition) is 3. The Morgan fingerprint density at radius 1 is 1.21 bits per heavy atom. The van der Waals surface area contributed by atoms with Gasteiger partial charge < -0.3 is 14.8 Å². The fourth-order valence-electron chi connectivity index (χ4n) is 3.33. The molecule has 1 saturated heterocycles. The largest absolute Gasteiger partial charge is 0.411 e. The van der Waals surface area contributed by atoms with Crippen LogP contribution in [0.3, 0.4) is 0 Å². The average Bonchev–Trinajstić information content (AvgIpc) is 2.71. The Bertz CT molecular complexity index is 278. The fraction of sp³-hybridized carbons (Fsp3) is 1.00. The Hall–Kier alpha value is -0.330. The predicted octanol–water partition coefficient (Wildman–Crippen LogP) is 2.50. The van der Waals surface area contributed by atoms with Gasteiger partial charge >= 0.3 is 6.18 Å². The molecule has 2 fully saturated rings. The van der Waals surface area contributed by atoms with Crippen molar-refractivity contribution in [2.24, 2.45) is 5.41 Å². The molecule has 0 amide bonds. The molecule has 1 atom stereocenters. The molecule has 3 nitrogen and oxygen atoms in total. The molecule has 2 rings (SSSR count). The molecule has 1 aliphatic heterocycles. The van der Waals surface area contributed by atoms with Gasteiger partial charge in [-0.3, -0.25) is 0 Å². The van der Waals surface area contributed by atoms with Crippen molar-refractivity contribution in [3.8, 4) is 0 Å². The van der Waals surface area contributed by atoms with Gasteiger partial charge in [-0.05, 0) is 31.1 Å². The lowest BCUT2D eigenvalue weighted by molar-refractivity contribution is -0.173. The Morgan fingerprint density at radius 3 is 2.63 bits per heavy atom. The third kappa shape index (κ3) is 4.33. The maximum Gasteiger partial charge on any atom is 0.411 e. The molecule has 1 aliphatic carbocycles. The molecule has 1 saturated carbocycles. The number of ether oxygens (including phenoxy) is 2. The van der Waals surface area contributed by atoms with Crippen LogP contribution in [0.2, 0.25) is 0 Å². The summed E-state index contributed by atoms with van der Waals surface area (Å²) in [4.78, 5) is 0. The highest BCUT2D eigenvalue weighted by atomic mass is 19.4. The van der Waals surface area contributed by atoms with Crippen LogP contribution in [0.25, 0.3) is 0 Å². The monoisotopic (exact) mass is 281 g/mol. The number of hydrogen-bond donors (Lipinski definition) is 1. The summed E-state index contributed by atoms with van der Waals surface area (Å²) < 4.78 is 45.8. The van der Waals surface area contributed by atoms with Gasteiger partial charge in [0.2, 0.25) is 0 Å². The molecule has 1 spiro atoms. The summed E-state index contributed by atoms with van der Waals surface area (Å²) >= 11 is 0.